The van der Waals surface area contributed by atoms with Crippen LogP contribution < -0.4 is 0 Å². The van der Waals surface area contributed by atoms with Crippen molar-refractivity contribution in [1.29, 1.82) is 0 Å². The van der Waals surface area contributed by atoms with E-state index in [1.165, 1.54) is 0 Å². The zero-order valence-electron chi connectivity index (χ0n) is 12.1. The van der Waals surface area contributed by atoms with Crippen molar-refractivity contribution in [1.82, 2.24) is 4.90 Å². The number of para-hydroxylation sites is 1. The number of carbonyl (C=O) groups excluding carboxylic acids is 1. The lowest BCUT2D eigenvalue weighted by Crippen LogP contribution is -2.54. The van der Waals surface area contributed by atoms with E-state index in [2.05, 4.69) is 0 Å². The zero-order chi connectivity index (χ0) is 16.0. The third kappa shape index (κ3) is 2.36. The molecule has 1 aliphatic rings. The average Bonchev–Trinajstić information content (AvgIpc) is 2.91. The molecule has 0 aliphatic carbocycles. The Hall–Kier alpha value is -1.98. The number of hydrogen-bond acceptors (Lipinski definition) is 2. The molecule has 6 heteroatoms. The monoisotopic (exact) mass is 311 g/mol. The first-order valence-corrected chi connectivity index (χ1v) is 7.20. The smallest absolute Gasteiger partial charge is 0.459 e. The number of furan rings is 1. The van der Waals surface area contributed by atoms with Gasteiger partial charge in [-0.05, 0) is 38.3 Å². The summed E-state index contributed by atoms with van der Waals surface area (Å²) in [5.74, 6) is -1.39. The van der Waals surface area contributed by atoms with Crippen LogP contribution in [0.5, 0.6) is 0 Å². The molecular formula is C16H16F3NO2. The molecule has 0 radical (unpaired) electrons. The summed E-state index contributed by atoms with van der Waals surface area (Å²) in [5, 5.41) is 0.823. The van der Waals surface area contributed by atoms with Gasteiger partial charge in [-0.2, -0.15) is 13.2 Å². The molecule has 3 nitrogen and oxygen atoms in total. The van der Waals surface area contributed by atoms with Crippen LogP contribution in [0.3, 0.4) is 0 Å². The number of halogens is 3. The molecule has 1 amide bonds. The number of amides is 1. The molecule has 1 unspecified atom stereocenters. The summed E-state index contributed by atoms with van der Waals surface area (Å²) in [6.07, 6.45) is -3.09. The van der Waals surface area contributed by atoms with Gasteiger partial charge >= 0.3 is 12.1 Å². The standard InChI is InChI=1S/C16H16F3NO2/c1-15(13-10-11-6-2-3-7-12(11)22-13)8-4-5-9-20(15)14(21)16(17,18)19/h2-3,6-7,10H,4-5,8-9H2,1H3. The normalized spacial score (nSPS) is 23.0. The molecule has 1 fully saturated rings. The van der Waals surface area contributed by atoms with Crippen molar-refractivity contribution in [2.75, 3.05) is 6.54 Å². The number of alkyl halides is 3. The average molecular weight is 311 g/mol. The van der Waals surface area contributed by atoms with Crippen molar-refractivity contribution in [2.24, 2.45) is 0 Å². The molecule has 1 atom stereocenters. The number of hydrogen-bond donors (Lipinski definition) is 0. The van der Waals surface area contributed by atoms with E-state index in [1.54, 1.807) is 25.1 Å². The highest BCUT2D eigenvalue weighted by Gasteiger charge is 2.51. The van der Waals surface area contributed by atoms with Crippen molar-refractivity contribution < 1.29 is 22.4 Å². The van der Waals surface area contributed by atoms with Gasteiger partial charge < -0.3 is 9.32 Å². The molecule has 1 aliphatic heterocycles. The van der Waals surface area contributed by atoms with Crippen molar-refractivity contribution in [3.05, 3.63) is 36.1 Å². The van der Waals surface area contributed by atoms with Gasteiger partial charge in [0.25, 0.3) is 0 Å². The summed E-state index contributed by atoms with van der Waals surface area (Å²) in [7, 11) is 0. The van der Waals surface area contributed by atoms with Crippen LogP contribution in [-0.2, 0) is 10.3 Å². The maximum Gasteiger partial charge on any atom is 0.471 e. The molecule has 118 valence electrons. The first-order valence-electron chi connectivity index (χ1n) is 7.20. The molecule has 22 heavy (non-hydrogen) atoms. The predicted molar refractivity (Wildman–Crippen MR) is 75.2 cm³/mol. The van der Waals surface area contributed by atoms with Crippen molar-refractivity contribution >= 4 is 16.9 Å². The largest absolute Gasteiger partial charge is 0.471 e. The Labute approximate surface area is 125 Å². The molecule has 1 aromatic heterocycles. The van der Waals surface area contributed by atoms with Gasteiger partial charge in [0.1, 0.15) is 11.3 Å². The molecular weight excluding hydrogens is 295 g/mol. The highest BCUT2D eigenvalue weighted by Crippen LogP contribution is 2.41. The zero-order valence-corrected chi connectivity index (χ0v) is 12.1. The summed E-state index contributed by atoms with van der Waals surface area (Å²) >= 11 is 0. The van der Waals surface area contributed by atoms with Gasteiger partial charge in [0.15, 0.2) is 0 Å². The van der Waals surface area contributed by atoms with Gasteiger partial charge in [0.2, 0.25) is 0 Å². The van der Waals surface area contributed by atoms with E-state index in [9.17, 15) is 18.0 Å². The first kappa shape index (κ1) is 14.9. The fourth-order valence-electron chi connectivity index (χ4n) is 3.10. The highest BCUT2D eigenvalue weighted by molar-refractivity contribution is 5.83. The maximum atomic E-state index is 12.9. The van der Waals surface area contributed by atoms with Crippen LogP contribution in [0.1, 0.15) is 31.9 Å². The van der Waals surface area contributed by atoms with Gasteiger partial charge in [0.05, 0.1) is 5.54 Å². The van der Waals surface area contributed by atoms with Gasteiger partial charge in [-0.25, -0.2) is 0 Å². The number of carbonyl (C=O) groups is 1. The van der Waals surface area contributed by atoms with Crippen LogP contribution in [0.4, 0.5) is 13.2 Å². The van der Waals surface area contributed by atoms with E-state index in [-0.39, 0.29) is 6.54 Å². The van der Waals surface area contributed by atoms with Crippen molar-refractivity contribution in [3.8, 4) is 0 Å². The van der Waals surface area contributed by atoms with E-state index in [0.717, 1.165) is 16.7 Å². The van der Waals surface area contributed by atoms with Gasteiger partial charge in [0, 0.05) is 11.9 Å². The van der Waals surface area contributed by atoms with Crippen LogP contribution in [0.15, 0.2) is 34.7 Å². The lowest BCUT2D eigenvalue weighted by atomic mass is 9.85. The second-order valence-corrected chi connectivity index (χ2v) is 5.83. The molecule has 0 spiro atoms. The van der Waals surface area contributed by atoms with Crippen LogP contribution in [0, 0.1) is 0 Å². The molecule has 1 aromatic carbocycles. The topological polar surface area (TPSA) is 33.5 Å². The minimum absolute atomic E-state index is 0.0892. The Balaban J connectivity index is 2.05. The molecule has 2 heterocycles. The van der Waals surface area contributed by atoms with Crippen molar-refractivity contribution in [2.45, 2.75) is 37.9 Å². The predicted octanol–water partition coefficient (Wildman–Crippen LogP) is 4.22. The summed E-state index contributed by atoms with van der Waals surface area (Å²) < 4.78 is 44.4. The number of rotatable bonds is 1. The Morgan fingerprint density at radius 2 is 2.00 bits per heavy atom. The third-order valence-corrected chi connectivity index (χ3v) is 4.34. The van der Waals surface area contributed by atoms with E-state index in [0.29, 0.717) is 24.2 Å². The lowest BCUT2D eigenvalue weighted by Gasteiger charge is -2.43. The van der Waals surface area contributed by atoms with Crippen LogP contribution in [0.25, 0.3) is 11.0 Å². The van der Waals surface area contributed by atoms with Crippen LogP contribution in [0.2, 0.25) is 0 Å². The molecule has 3 rings (SSSR count). The Bertz CT molecular complexity index is 674. The molecule has 2 aromatic rings. The first-order chi connectivity index (χ1) is 10.3. The fourth-order valence-corrected chi connectivity index (χ4v) is 3.10. The van der Waals surface area contributed by atoms with Gasteiger partial charge in [-0.15, -0.1) is 0 Å². The Kier molecular flexibility index (Phi) is 3.42. The van der Waals surface area contributed by atoms with E-state index < -0.39 is 17.6 Å². The van der Waals surface area contributed by atoms with Crippen LogP contribution in [-0.4, -0.2) is 23.5 Å². The highest BCUT2D eigenvalue weighted by atomic mass is 19.4. The van der Waals surface area contributed by atoms with E-state index >= 15 is 0 Å². The Morgan fingerprint density at radius 3 is 2.68 bits per heavy atom. The van der Waals surface area contributed by atoms with Crippen LogP contribution >= 0.6 is 0 Å². The van der Waals surface area contributed by atoms with Crippen molar-refractivity contribution in [3.63, 3.8) is 0 Å². The summed E-state index contributed by atoms with van der Waals surface area (Å²) in [6.45, 7) is 1.74. The van der Waals surface area contributed by atoms with Gasteiger partial charge in [-0.3, -0.25) is 4.79 Å². The number of piperidine rings is 1. The summed E-state index contributed by atoms with van der Waals surface area (Å²) in [4.78, 5) is 12.7. The number of likely N-dealkylation sites (tertiary alicyclic amines) is 1. The molecule has 0 bridgehead atoms. The summed E-state index contributed by atoms with van der Waals surface area (Å²) in [6, 6.07) is 8.98. The quantitative estimate of drug-likeness (QED) is 0.790. The van der Waals surface area contributed by atoms with Gasteiger partial charge in [-0.1, -0.05) is 18.2 Å². The van der Waals surface area contributed by atoms with E-state index in [1.807, 2.05) is 12.1 Å². The second kappa shape index (κ2) is 5.04. The SMILES string of the molecule is CC1(c2cc3ccccc3o2)CCCCN1C(=O)C(F)(F)F. The Morgan fingerprint density at radius 1 is 1.27 bits per heavy atom. The lowest BCUT2D eigenvalue weighted by molar-refractivity contribution is -0.194. The molecule has 0 saturated carbocycles. The number of nitrogens with zero attached hydrogens (tertiary/aromatic N) is 1. The third-order valence-electron chi connectivity index (χ3n) is 4.34. The number of fused-ring (bicyclic) bond motifs is 1. The molecule has 0 N–H and O–H groups in total. The molecule has 1 saturated heterocycles. The fraction of sp³-hybridized carbons (Fsp3) is 0.438. The summed E-state index contributed by atoms with van der Waals surface area (Å²) in [5.41, 5.74) is -0.451. The second-order valence-electron chi connectivity index (χ2n) is 5.83. The minimum atomic E-state index is -4.87. The maximum absolute atomic E-state index is 12.9. The van der Waals surface area contributed by atoms with E-state index in [4.69, 9.17) is 4.42 Å². The number of benzene rings is 1. The minimum Gasteiger partial charge on any atom is -0.459 e.